The number of amides is 1. The van der Waals surface area contributed by atoms with Crippen molar-refractivity contribution in [3.8, 4) is 0 Å². The molecule has 40 heavy (non-hydrogen) atoms. The average molecular weight is 553 g/mol. The summed E-state index contributed by atoms with van der Waals surface area (Å²) >= 11 is 0. The Balaban J connectivity index is 1.30. The van der Waals surface area contributed by atoms with Gasteiger partial charge in [0.05, 0.1) is 35.9 Å². The third-order valence-corrected chi connectivity index (χ3v) is 10.2. The molecule has 0 aromatic heterocycles. The number of alkyl halides is 1. The van der Waals surface area contributed by atoms with Gasteiger partial charge in [0.2, 0.25) is 0 Å². The number of hydrogen-bond acceptors (Lipinski definition) is 6. The maximum absolute atomic E-state index is 15.9. The second-order valence-electron chi connectivity index (χ2n) is 12.9. The normalized spacial score (nSPS) is 36.8. The molecule has 0 bridgehead atoms. The summed E-state index contributed by atoms with van der Waals surface area (Å²) in [6.07, 6.45) is 8.27. The Morgan fingerprint density at radius 2 is 1.90 bits per heavy atom. The Hall–Kier alpha value is -2.29. The maximum atomic E-state index is 15.9. The minimum absolute atomic E-state index is 0.00397. The molecule has 1 amide bonds. The van der Waals surface area contributed by atoms with Crippen molar-refractivity contribution in [3.05, 3.63) is 47.7 Å². The van der Waals surface area contributed by atoms with E-state index in [9.17, 15) is 9.59 Å². The summed E-state index contributed by atoms with van der Waals surface area (Å²) in [5, 5.41) is 6.45. The predicted octanol–water partition coefficient (Wildman–Crippen LogP) is 3.44. The minimum Gasteiger partial charge on any atom is -0.369 e. The van der Waals surface area contributed by atoms with Gasteiger partial charge in [0.1, 0.15) is 6.17 Å². The molecule has 2 N–H and O–H groups in total. The van der Waals surface area contributed by atoms with E-state index in [-0.39, 0.29) is 41.9 Å². The highest BCUT2D eigenvalue weighted by Gasteiger charge is 2.60. The number of benzene rings is 1. The van der Waals surface area contributed by atoms with Gasteiger partial charge in [-0.05, 0) is 76.7 Å². The first-order chi connectivity index (χ1) is 19.4. The molecule has 0 spiro atoms. The van der Waals surface area contributed by atoms with Crippen LogP contribution >= 0.6 is 0 Å². The van der Waals surface area contributed by atoms with E-state index in [0.717, 1.165) is 37.8 Å². The molecule has 0 radical (unpaired) electrons. The van der Waals surface area contributed by atoms with Gasteiger partial charge in [0, 0.05) is 18.7 Å². The summed E-state index contributed by atoms with van der Waals surface area (Å²) in [6.45, 7) is 1.98. The number of halogens is 1. The topological polar surface area (TPSA) is 73.9 Å². The first-order valence-corrected chi connectivity index (χ1v) is 15.5. The van der Waals surface area contributed by atoms with Crippen molar-refractivity contribution in [1.82, 2.24) is 20.4 Å². The van der Waals surface area contributed by atoms with Crippen molar-refractivity contribution in [2.75, 3.05) is 27.2 Å². The zero-order valence-electron chi connectivity index (χ0n) is 23.9. The summed E-state index contributed by atoms with van der Waals surface area (Å²) in [5.41, 5.74) is 1.16. The molecule has 1 saturated heterocycles. The molecule has 3 aliphatic carbocycles. The first kappa shape index (κ1) is 27.9. The lowest BCUT2D eigenvalue weighted by atomic mass is 9.63. The molecule has 9 atom stereocenters. The Morgan fingerprint density at radius 1 is 1.10 bits per heavy atom. The number of morpholine rings is 1. The van der Waals surface area contributed by atoms with Crippen LogP contribution in [0.1, 0.15) is 56.9 Å². The van der Waals surface area contributed by atoms with Crippen molar-refractivity contribution in [2.45, 2.75) is 94.4 Å². The van der Waals surface area contributed by atoms with Gasteiger partial charge in [0.25, 0.3) is 5.91 Å². The molecule has 2 heterocycles. The lowest BCUT2D eigenvalue weighted by Gasteiger charge is -2.62. The van der Waals surface area contributed by atoms with Crippen LogP contribution in [0.4, 0.5) is 4.39 Å². The van der Waals surface area contributed by atoms with E-state index in [1.54, 1.807) is 0 Å². The summed E-state index contributed by atoms with van der Waals surface area (Å²) in [6, 6.07) is 9.16. The fraction of sp³-hybridized carbons (Fsp3) is 0.688. The zero-order chi connectivity index (χ0) is 27.8. The SMILES string of the molecule is CN(C)CCCNC1C(F)CC2C(=O)C(C(=O)NCc3ccccc3)=CN3C4C(CCC5CCCCC54)OC1C23. The highest BCUT2D eigenvalue weighted by molar-refractivity contribution is 6.20. The van der Waals surface area contributed by atoms with Crippen LogP contribution in [0.5, 0.6) is 0 Å². The lowest BCUT2D eigenvalue weighted by molar-refractivity contribution is -0.215. The van der Waals surface area contributed by atoms with E-state index in [4.69, 9.17) is 4.74 Å². The number of rotatable bonds is 8. The number of ether oxygens (including phenoxy) is 1. The standard InChI is InChI=1S/C32H45FN4O3/c1-36(2)16-8-15-34-27-25(33)17-23-29-31(27)40-26-14-13-21-11-6-7-12-22(21)28(26)37(29)19-24(30(23)38)32(39)35-18-20-9-4-3-5-10-20/h3-5,9-10,19,21-23,25-29,31,34H,6-8,11-18H2,1-2H3,(H,35,39). The van der Waals surface area contributed by atoms with Gasteiger partial charge in [-0.25, -0.2) is 4.39 Å². The van der Waals surface area contributed by atoms with Gasteiger partial charge in [0.15, 0.2) is 5.78 Å². The zero-order valence-corrected chi connectivity index (χ0v) is 23.9. The van der Waals surface area contributed by atoms with E-state index in [1.807, 2.05) is 50.6 Å². The number of carbonyl (C=O) groups is 2. The van der Waals surface area contributed by atoms with Crippen LogP contribution in [0.15, 0.2) is 42.1 Å². The first-order valence-electron chi connectivity index (χ1n) is 15.5. The van der Waals surface area contributed by atoms with E-state index >= 15 is 4.39 Å². The number of carbonyl (C=O) groups excluding carboxylic acids is 2. The molecule has 8 heteroatoms. The monoisotopic (exact) mass is 552 g/mol. The summed E-state index contributed by atoms with van der Waals surface area (Å²) in [4.78, 5) is 31.8. The lowest BCUT2D eigenvalue weighted by Crippen LogP contribution is -2.74. The smallest absolute Gasteiger partial charge is 0.256 e. The highest BCUT2D eigenvalue weighted by atomic mass is 19.1. The number of Topliss-reactive ketones (excluding diaryl/α,β-unsaturated/α-hetero) is 1. The van der Waals surface area contributed by atoms with Crippen molar-refractivity contribution in [3.63, 3.8) is 0 Å². The summed E-state index contributed by atoms with van der Waals surface area (Å²) in [7, 11) is 4.08. The fourth-order valence-electron chi connectivity index (χ4n) is 8.35. The third kappa shape index (κ3) is 5.35. The molecule has 1 aromatic carbocycles. The van der Waals surface area contributed by atoms with Crippen molar-refractivity contribution in [1.29, 1.82) is 0 Å². The maximum Gasteiger partial charge on any atom is 0.256 e. The van der Waals surface area contributed by atoms with Gasteiger partial charge >= 0.3 is 0 Å². The van der Waals surface area contributed by atoms with Gasteiger partial charge in [-0.2, -0.15) is 0 Å². The van der Waals surface area contributed by atoms with Crippen LogP contribution in [-0.2, 0) is 20.9 Å². The van der Waals surface area contributed by atoms with Crippen LogP contribution in [0.2, 0.25) is 0 Å². The minimum atomic E-state index is -1.20. The average Bonchev–Trinajstić information content (AvgIpc) is 2.96. The number of nitrogens with zero attached hydrogens (tertiary/aromatic N) is 2. The van der Waals surface area contributed by atoms with Crippen LogP contribution < -0.4 is 10.6 Å². The molecule has 2 aliphatic heterocycles. The van der Waals surface area contributed by atoms with E-state index in [1.165, 1.54) is 19.3 Å². The van der Waals surface area contributed by atoms with Crippen LogP contribution in [-0.4, -0.2) is 85.2 Å². The van der Waals surface area contributed by atoms with Gasteiger partial charge in [-0.1, -0.05) is 49.6 Å². The van der Waals surface area contributed by atoms with E-state index < -0.39 is 24.2 Å². The number of nitrogens with one attached hydrogen (secondary N) is 2. The van der Waals surface area contributed by atoms with Gasteiger partial charge < -0.3 is 25.2 Å². The number of fused-ring (bicyclic) bond motifs is 4. The molecule has 6 rings (SSSR count). The van der Waals surface area contributed by atoms with E-state index in [0.29, 0.717) is 24.9 Å². The molecule has 9 unspecified atom stereocenters. The van der Waals surface area contributed by atoms with Gasteiger partial charge in [-0.15, -0.1) is 0 Å². The molecule has 4 fully saturated rings. The quantitative estimate of drug-likeness (QED) is 0.380. The predicted molar refractivity (Wildman–Crippen MR) is 152 cm³/mol. The van der Waals surface area contributed by atoms with Gasteiger partial charge in [-0.3, -0.25) is 9.59 Å². The largest absolute Gasteiger partial charge is 0.369 e. The summed E-state index contributed by atoms with van der Waals surface area (Å²) < 4.78 is 22.8. The fourth-order valence-corrected chi connectivity index (χ4v) is 8.35. The molecule has 5 aliphatic rings. The van der Waals surface area contributed by atoms with Crippen LogP contribution in [0.3, 0.4) is 0 Å². The third-order valence-electron chi connectivity index (χ3n) is 10.2. The highest BCUT2D eigenvalue weighted by Crippen LogP contribution is 2.51. The van der Waals surface area contributed by atoms with Crippen molar-refractivity contribution in [2.24, 2.45) is 17.8 Å². The molecular weight excluding hydrogens is 507 g/mol. The second kappa shape index (κ2) is 11.9. The Bertz CT molecular complexity index is 1100. The molecular formula is C32H45FN4O3. The Kier molecular flexibility index (Phi) is 8.29. The molecule has 1 aromatic rings. The molecule has 3 saturated carbocycles. The van der Waals surface area contributed by atoms with Crippen LogP contribution in [0.25, 0.3) is 0 Å². The van der Waals surface area contributed by atoms with Crippen LogP contribution in [0, 0.1) is 17.8 Å². The number of ketones is 1. The number of hydrogen-bond donors (Lipinski definition) is 2. The second-order valence-corrected chi connectivity index (χ2v) is 12.9. The Labute approximate surface area is 237 Å². The Morgan fingerprint density at radius 3 is 2.70 bits per heavy atom. The summed E-state index contributed by atoms with van der Waals surface area (Å²) in [5.74, 6) is -0.0210. The van der Waals surface area contributed by atoms with E-state index in [2.05, 4.69) is 20.4 Å². The van der Waals surface area contributed by atoms with Crippen molar-refractivity contribution < 1.29 is 18.7 Å². The van der Waals surface area contributed by atoms with Crippen molar-refractivity contribution >= 4 is 11.7 Å². The molecule has 218 valence electrons. The molecule has 7 nitrogen and oxygen atoms in total.